The molecule has 2 nitrogen and oxygen atoms in total. The molecule has 1 rings (SSSR count). The van der Waals surface area contributed by atoms with E-state index in [0.717, 1.165) is 5.48 Å². The Bertz CT molecular complexity index is 202. The molecule has 1 aromatic carbocycles. The van der Waals surface area contributed by atoms with Gasteiger partial charge in [0.25, 0.3) is 0 Å². The van der Waals surface area contributed by atoms with Gasteiger partial charge in [-0.1, -0.05) is 23.7 Å². The van der Waals surface area contributed by atoms with E-state index in [9.17, 15) is 5.21 Å². The van der Waals surface area contributed by atoms with E-state index in [4.69, 9.17) is 11.6 Å². The van der Waals surface area contributed by atoms with E-state index < -0.39 is 0 Å². The molecular formula is C6H6ClNO. The number of halogens is 1. The Morgan fingerprint density at radius 2 is 2.00 bits per heavy atom. The largest absolute Gasteiger partial charge is 0.630 e. The first-order valence-corrected chi connectivity index (χ1v) is 2.92. The predicted octanol–water partition coefficient (Wildman–Crippen LogP) is 1.03. The van der Waals surface area contributed by atoms with E-state index >= 15 is 0 Å². The summed E-state index contributed by atoms with van der Waals surface area (Å²) >= 11 is 5.59. The van der Waals surface area contributed by atoms with Crippen molar-refractivity contribution in [3.8, 4) is 0 Å². The predicted molar refractivity (Wildman–Crippen MR) is 36.4 cm³/mol. The van der Waals surface area contributed by atoms with Crippen LogP contribution < -0.4 is 5.48 Å². The Morgan fingerprint density at radius 1 is 1.33 bits per heavy atom. The fourth-order valence-corrected chi connectivity index (χ4v) is 0.751. The third kappa shape index (κ3) is 1.42. The van der Waals surface area contributed by atoms with Crippen LogP contribution in [-0.4, -0.2) is 0 Å². The maximum atomic E-state index is 10.1. The molecule has 0 unspecified atom stereocenters. The molecule has 0 fully saturated rings. The summed E-state index contributed by atoms with van der Waals surface area (Å²) in [6, 6.07) is 6.92. The van der Waals surface area contributed by atoms with Gasteiger partial charge in [0, 0.05) is 6.07 Å². The van der Waals surface area contributed by atoms with Crippen molar-refractivity contribution in [3.63, 3.8) is 0 Å². The average Bonchev–Trinajstić information content (AvgIpc) is 1.89. The van der Waals surface area contributed by atoms with Crippen LogP contribution in [0.2, 0.25) is 5.02 Å². The van der Waals surface area contributed by atoms with Gasteiger partial charge in [0.2, 0.25) is 0 Å². The van der Waals surface area contributed by atoms with Gasteiger partial charge in [0.05, 0.1) is 0 Å². The molecule has 0 amide bonds. The molecule has 9 heavy (non-hydrogen) atoms. The summed E-state index contributed by atoms with van der Waals surface area (Å²) in [6.45, 7) is 0. The van der Waals surface area contributed by atoms with E-state index in [-0.39, 0.29) is 0 Å². The van der Waals surface area contributed by atoms with Gasteiger partial charge in [0.15, 0.2) is 0 Å². The summed E-state index contributed by atoms with van der Waals surface area (Å²) in [5, 5.41) is 10.6. The van der Waals surface area contributed by atoms with Crippen molar-refractivity contribution in [1.82, 2.24) is 0 Å². The maximum absolute atomic E-state index is 10.1. The minimum absolute atomic E-state index is 0.507. The van der Waals surface area contributed by atoms with Crippen molar-refractivity contribution < 1.29 is 5.48 Å². The molecule has 0 aliphatic rings. The molecule has 0 aromatic heterocycles. The van der Waals surface area contributed by atoms with Crippen molar-refractivity contribution in [1.29, 1.82) is 0 Å². The second kappa shape index (κ2) is 2.82. The molecule has 0 aliphatic heterocycles. The molecule has 0 aliphatic carbocycles. The van der Waals surface area contributed by atoms with Gasteiger partial charge in [-0.15, -0.1) is 0 Å². The van der Waals surface area contributed by atoms with Crippen LogP contribution in [0.4, 0.5) is 5.69 Å². The van der Waals surface area contributed by atoms with Crippen LogP contribution >= 0.6 is 11.6 Å². The summed E-state index contributed by atoms with van der Waals surface area (Å²) in [6.07, 6.45) is 0. The molecule has 0 radical (unpaired) electrons. The first kappa shape index (κ1) is 6.55. The Kier molecular flexibility index (Phi) is 2.05. The van der Waals surface area contributed by atoms with Crippen LogP contribution in [-0.2, 0) is 0 Å². The van der Waals surface area contributed by atoms with Gasteiger partial charge in [-0.3, -0.25) is 0 Å². The lowest BCUT2D eigenvalue weighted by Gasteiger charge is -2.00. The molecule has 0 saturated carbocycles. The van der Waals surface area contributed by atoms with E-state index in [2.05, 4.69) is 0 Å². The standard InChI is InChI=1S/C6H6ClNO/c7-5-3-1-2-4-6(5)8-9/h1-4H,8H2. The quantitative estimate of drug-likeness (QED) is 0.463. The Hall–Kier alpha value is -0.570. The van der Waals surface area contributed by atoms with E-state index in [0.29, 0.717) is 10.7 Å². The SMILES string of the molecule is [O-][NH2+]c1ccccc1Cl. The van der Waals surface area contributed by atoms with Crippen LogP contribution in [0.15, 0.2) is 24.3 Å². The van der Waals surface area contributed by atoms with Gasteiger partial charge in [-0.25, -0.2) is 0 Å². The van der Waals surface area contributed by atoms with Crippen LogP contribution in [0.3, 0.4) is 0 Å². The lowest BCUT2D eigenvalue weighted by molar-refractivity contribution is -0.497. The number of hydrogen-bond donors (Lipinski definition) is 1. The van der Waals surface area contributed by atoms with Crippen molar-refractivity contribution in [2.75, 3.05) is 0 Å². The zero-order chi connectivity index (χ0) is 6.69. The summed E-state index contributed by atoms with van der Waals surface area (Å²) in [4.78, 5) is 0. The second-order valence-electron chi connectivity index (χ2n) is 1.64. The highest BCUT2D eigenvalue weighted by atomic mass is 35.5. The first-order valence-electron chi connectivity index (χ1n) is 2.54. The van der Waals surface area contributed by atoms with E-state index in [1.165, 1.54) is 0 Å². The highest BCUT2D eigenvalue weighted by Crippen LogP contribution is 2.14. The smallest absolute Gasteiger partial charge is 0.148 e. The molecule has 0 atom stereocenters. The molecular weight excluding hydrogens is 138 g/mol. The van der Waals surface area contributed by atoms with E-state index in [1.807, 2.05) is 0 Å². The summed E-state index contributed by atoms with van der Waals surface area (Å²) in [7, 11) is 0. The number of nitrogens with two attached hydrogens (primary N) is 1. The van der Waals surface area contributed by atoms with Gasteiger partial charge in [0.1, 0.15) is 10.7 Å². The number of benzene rings is 1. The lowest BCUT2D eigenvalue weighted by atomic mass is 10.3. The number of quaternary nitrogens is 1. The highest BCUT2D eigenvalue weighted by molar-refractivity contribution is 6.32. The molecule has 3 heteroatoms. The Morgan fingerprint density at radius 3 is 2.44 bits per heavy atom. The lowest BCUT2D eigenvalue weighted by Crippen LogP contribution is -2.70. The molecule has 2 N–H and O–H groups in total. The molecule has 48 valence electrons. The minimum atomic E-state index is 0.507. The van der Waals surface area contributed by atoms with Gasteiger partial charge in [-0.05, 0) is 6.07 Å². The first-order chi connectivity index (χ1) is 4.34. The third-order valence-corrected chi connectivity index (χ3v) is 1.38. The molecule has 1 aromatic rings. The van der Waals surface area contributed by atoms with Crippen LogP contribution in [0.25, 0.3) is 0 Å². The van der Waals surface area contributed by atoms with Crippen molar-refractivity contribution in [2.24, 2.45) is 0 Å². The normalized spacial score (nSPS) is 9.56. The highest BCUT2D eigenvalue weighted by Gasteiger charge is 1.94. The van der Waals surface area contributed by atoms with Gasteiger partial charge >= 0.3 is 0 Å². The van der Waals surface area contributed by atoms with Crippen LogP contribution in [0, 0.1) is 5.21 Å². The van der Waals surface area contributed by atoms with Gasteiger partial charge in [-0.2, -0.15) is 0 Å². The fraction of sp³-hybridized carbons (Fsp3) is 0. The second-order valence-corrected chi connectivity index (χ2v) is 2.05. The average molecular weight is 144 g/mol. The summed E-state index contributed by atoms with van der Waals surface area (Å²) in [5.41, 5.74) is 1.28. The van der Waals surface area contributed by atoms with Crippen LogP contribution in [0.5, 0.6) is 0 Å². The number of rotatable bonds is 1. The third-order valence-electron chi connectivity index (χ3n) is 1.03. The number of hydrogen-bond acceptors (Lipinski definition) is 1. The summed E-state index contributed by atoms with van der Waals surface area (Å²) < 4.78 is 0. The van der Waals surface area contributed by atoms with Crippen molar-refractivity contribution in [3.05, 3.63) is 34.5 Å². The topological polar surface area (TPSA) is 39.7 Å². The zero-order valence-electron chi connectivity index (χ0n) is 4.67. The Labute approximate surface area is 58.0 Å². The van der Waals surface area contributed by atoms with Crippen molar-refractivity contribution >= 4 is 17.3 Å². The zero-order valence-corrected chi connectivity index (χ0v) is 5.43. The summed E-state index contributed by atoms with van der Waals surface area (Å²) in [5.74, 6) is 0. The van der Waals surface area contributed by atoms with Crippen molar-refractivity contribution in [2.45, 2.75) is 0 Å². The monoisotopic (exact) mass is 143 g/mol. The molecule has 0 saturated heterocycles. The molecule has 0 spiro atoms. The molecule has 0 heterocycles. The van der Waals surface area contributed by atoms with E-state index in [1.54, 1.807) is 24.3 Å². The minimum Gasteiger partial charge on any atom is -0.630 e. The molecule has 0 bridgehead atoms. The maximum Gasteiger partial charge on any atom is 0.148 e. The Balaban J connectivity index is 3.01. The van der Waals surface area contributed by atoms with Gasteiger partial charge < -0.3 is 10.7 Å². The fourth-order valence-electron chi connectivity index (χ4n) is 0.571. The van der Waals surface area contributed by atoms with Crippen LogP contribution in [0.1, 0.15) is 0 Å².